The summed E-state index contributed by atoms with van der Waals surface area (Å²) >= 11 is 12.1. The molecule has 4 nitrogen and oxygen atoms in total. The van der Waals surface area contributed by atoms with Crippen molar-refractivity contribution in [1.29, 1.82) is 0 Å². The third-order valence-corrected chi connectivity index (χ3v) is 5.64. The third-order valence-electron chi connectivity index (χ3n) is 2.85. The molecular weight excluding hydrogens is 528 g/mol. The lowest BCUT2D eigenvalue weighted by Gasteiger charge is -2.18. The normalized spacial score (nSPS) is 10.3. The molecule has 0 spiro atoms. The third kappa shape index (κ3) is 3.28. The molecule has 0 aromatic heterocycles. The van der Waals surface area contributed by atoms with Crippen molar-refractivity contribution in [3.63, 3.8) is 0 Å². The molecule has 0 aliphatic rings. The molecule has 0 radical (unpaired) electrons. The summed E-state index contributed by atoms with van der Waals surface area (Å²) in [5.74, 6) is -1.32. The van der Waals surface area contributed by atoms with E-state index in [-0.39, 0.29) is 11.1 Å². The molecule has 0 amide bonds. The van der Waals surface area contributed by atoms with Crippen molar-refractivity contribution in [2.24, 2.45) is 0 Å². The Morgan fingerprint density at radius 2 is 1.30 bits per heavy atom. The maximum Gasteiger partial charge on any atom is 0.351 e. The minimum absolute atomic E-state index is 0.118. The SMILES string of the molecule is CCc1c(Br)c(Br)c(C(=O)OBr)c(C(=O)OBr)c1CC. The van der Waals surface area contributed by atoms with Gasteiger partial charge in [0.15, 0.2) is 32.5 Å². The lowest BCUT2D eigenvalue weighted by Crippen LogP contribution is -2.16. The Bertz CT molecular complexity index is 557. The van der Waals surface area contributed by atoms with Gasteiger partial charge in [-0.25, -0.2) is 9.59 Å². The Morgan fingerprint density at radius 1 is 0.850 bits per heavy atom. The molecule has 0 aliphatic carbocycles. The Morgan fingerprint density at radius 3 is 1.70 bits per heavy atom. The molecule has 0 aliphatic heterocycles. The first-order chi connectivity index (χ1) is 9.44. The molecule has 0 saturated heterocycles. The van der Waals surface area contributed by atoms with Crippen LogP contribution in [0, 0.1) is 0 Å². The van der Waals surface area contributed by atoms with Crippen molar-refractivity contribution in [3.05, 3.63) is 31.2 Å². The first-order valence-electron chi connectivity index (χ1n) is 5.62. The second kappa shape index (κ2) is 7.91. The summed E-state index contributed by atoms with van der Waals surface area (Å²) < 4.78 is 10.4. The van der Waals surface area contributed by atoms with Crippen molar-refractivity contribution in [2.45, 2.75) is 26.7 Å². The van der Waals surface area contributed by atoms with E-state index < -0.39 is 11.9 Å². The second-order valence-electron chi connectivity index (χ2n) is 3.77. The average Bonchev–Trinajstić information content (AvgIpc) is 2.47. The highest BCUT2D eigenvalue weighted by Gasteiger charge is 2.29. The van der Waals surface area contributed by atoms with Crippen LogP contribution in [0.2, 0.25) is 0 Å². The summed E-state index contributed by atoms with van der Waals surface area (Å²) in [7, 11) is 0. The molecule has 0 bridgehead atoms. The number of carbonyl (C=O) groups is 2. The lowest BCUT2D eigenvalue weighted by atomic mass is 9.93. The van der Waals surface area contributed by atoms with E-state index in [1.807, 2.05) is 13.8 Å². The number of carbonyl (C=O) groups excluding carboxylic acids is 2. The van der Waals surface area contributed by atoms with Crippen molar-refractivity contribution >= 4 is 76.3 Å². The fourth-order valence-corrected chi connectivity index (χ4v) is 3.68. The molecule has 0 fully saturated rings. The van der Waals surface area contributed by atoms with Gasteiger partial charge in [0.2, 0.25) is 0 Å². The Hall–Kier alpha value is 0.0800. The predicted molar refractivity (Wildman–Crippen MR) is 89.3 cm³/mol. The summed E-state index contributed by atoms with van der Waals surface area (Å²) in [4.78, 5) is 24.0. The van der Waals surface area contributed by atoms with Crippen LogP contribution in [-0.2, 0) is 20.5 Å². The highest BCUT2D eigenvalue weighted by Crippen LogP contribution is 2.38. The minimum Gasteiger partial charge on any atom is -0.380 e. The monoisotopic (exact) mass is 534 g/mol. The van der Waals surface area contributed by atoms with Gasteiger partial charge < -0.3 is 7.66 Å². The summed E-state index contributed by atoms with van der Waals surface area (Å²) in [6.07, 6.45) is 1.28. The van der Waals surface area contributed by atoms with E-state index in [2.05, 4.69) is 72.0 Å². The van der Waals surface area contributed by atoms with Crippen LogP contribution >= 0.6 is 64.4 Å². The number of halogens is 4. The molecule has 0 saturated carbocycles. The lowest BCUT2D eigenvalue weighted by molar-refractivity contribution is 0.0738. The smallest absolute Gasteiger partial charge is 0.351 e. The maximum absolute atomic E-state index is 12.0. The van der Waals surface area contributed by atoms with E-state index in [0.29, 0.717) is 17.3 Å². The molecule has 0 N–H and O–H groups in total. The van der Waals surface area contributed by atoms with Gasteiger partial charge in [0.25, 0.3) is 0 Å². The highest BCUT2D eigenvalue weighted by atomic mass is 79.9. The summed E-state index contributed by atoms with van der Waals surface area (Å²) in [5.41, 5.74) is 2.01. The van der Waals surface area contributed by atoms with E-state index in [4.69, 9.17) is 0 Å². The van der Waals surface area contributed by atoms with Gasteiger partial charge in [0.05, 0.1) is 11.1 Å². The summed E-state index contributed by atoms with van der Waals surface area (Å²) in [6.45, 7) is 3.88. The molecule has 1 aromatic rings. The van der Waals surface area contributed by atoms with Crippen molar-refractivity contribution in [1.82, 2.24) is 0 Å². The number of hydrogen-bond donors (Lipinski definition) is 0. The van der Waals surface area contributed by atoms with Crippen LogP contribution < -0.4 is 0 Å². The van der Waals surface area contributed by atoms with E-state index >= 15 is 0 Å². The number of rotatable bonds is 4. The predicted octanol–water partition coefficient (Wildman–Crippen LogP) is 5.27. The van der Waals surface area contributed by atoms with Crippen LogP contribution in [0.25, 0.3) is 0 Å². The van der Waals surface area contributed by atoms with Crippen LogP contribution in [0.1, 0.15) is 45.7 Å². The molecular formula is C12H10Br4O4. The van der Waals surface area contributed by atoms with E-state index in [1.165, 1.54) is 0 Å². The van der Waals surface area contributed by atoms with E-state index in [1.54, 1.807) is 0 Å². The zero-order valence-electron chi connectivity index (χ0n) is 10.6. The first kappa shape index (κ1) is 18.1. The number of benzene rings is 1. The Kier molecular flexibility index (Phi) is 7.17. The average molecular weight is 538 g/mol. The summed E-state index contributed by atoms with van der Waals surface area (Å²) in [6, 6.07) is 0. The standard InChI is InChI=1S/C12H10Br4O4/c1-3-5-6(4-2)9(13)10(14)8(12(18)20-16)7(5)11(17)19-15/h3-4H2,1-2H3. The quantitative estimate of drug-likeness (QED) is 0.525. The van der Waals surface area contributed by atoms with Gasteiger partial charge in [0.1, 0.15) is 0 Å². The molecule has 0 unspecified atom stereocenters. The Labute approximate surface area is 150 Å². The van der Waals surface area contributed by atoms with Gasteiger partial charge in [-0.05, 0) is 55.8 Å². The maximum atomic E-state index is 12.0. The van der Waals surface area contributed by atoms with E-state index in [9.17, 15) is 9.59 Å². The molecule has 110 valence electrons. The highest BCUT2D eigenvalue weighted by molar-refractivity contribution is 9.13. The summed E-state index contributed by atoms with van der Waals surface area (Å²) in [5, 5.41) is 0. The van der Waals surface area contributed by atoms with Gasteiger partial charge in [-0.1, -0.05) is 13.8 Å². The van der Waals surface area contributed by atoms with Gasteiger partial charge in [-0.2, -0.15) is 0 Å². The topological polar surface area (TPSA) is 52.6 Å². The zero-order valence-corrected chi connectivity index (χ0v) is 16.9. The van der Waals surface area contributed by atoms with Gasteiger partial charge >= 0.3 is 11.9 Å². The van der Waals surface area contributed by atoms with E-state index in [0.717, 1.165) is 15.6 Å². The molecule has 20 heavy (non-hydrogen) atoms. The van der Waals surface area contributed by atoms with Crippen molar-refractivity contribution < 1.29 is 17.2 Å². The van der Waals surface area contributed by atoms with Crippen molar-refractivity contribution in [2.75, 3.05) is 0 Å². The Balaban J connectivity index is 3.86. The molecule has 8 heteroatoms. The second-order valence-corrected chi connectivity index (χ2v) is 6.00. The molecule has 0 heterocycles. The van der Waals surface area contributed by atoms with Crippen molar-refractivity contribution in [3.8, 4) is 0 Å². The molecule has 0 atom stereocenters. The fraction of sp³-hybridized carbons (Fsp3) is 0.333. The first-order valence-corrected chi connectivity index (χ1v) is 8.51. The molecule has 1 aromatic carbocycles. The largest absolute Gasteiger partial charge is 0.380 e. The zero-order chi connectivity index (χ0) is 15.4. The van der Waals surface area contributed by atoms with Gasteiger partial charge in [-0.3, -0.25) is 0 Å². The fourth-order valence-electron chi connectivity index (χ4n) is 2.04. The van der Waals surface area contributed by atoms with Gasteiger partial charge in [-0.15, -0.1) is 0 Å². The van der Waals surface area contributed by atoms with Crippen LogP contribution in [0.15, 0.2) is 8.95 Å². The minimum atomic E-state index is -0.678. The van der Waals surface area contributed by atoms with Crippen LogP contribution in [-0.4, -0.2) is 11.9 Å². The number of hydrogen-bond acceptors (Lipinski definition) is 4. The van der Waals surface area contributed by atoms with Gasteiger partial charge in [0, 0.05) is 8.95 Å². The van der Waals surface area contributed by atoms with Crippen LogP contribution in [0.3, 0.4) is 0 Å². The van der Waals surface area contributed by atoms with Crippen LogP contribution in [0.5, 0.6) is 0 Å². The molecule has 1 rings (SSSR count). The van der Waals surface area contributed by atoms with Crippen LogP contribution in [0.4, 0.5) is 0 Å².